The van der Waals surface area contributed by atoms with Crippen LogP contribution in [0.5, 0.6) is 0 Å². The van der Waals surface area contributed by atoms with Crippen molar-refractivity contribution in [3.05, 3.63) is 182 Å². The molecule has 0 radical (unpaired) electrons. The Hall–Kier alpha value is -7.50. The normalized spacial score (nSPS) is 12.0. The van der Waals surface area contributed by atoms with Crippen molar-refractivity contribution in [1.29, 1.82) is 0 Å². The Morgan fingerprint density at radius 2 is 1.09 bits per heavy atom. The Kier molecular flexibility index (Phi) is 6.27. The Morgan fingerprint density at radius 1 is 0.382 bits per heavy atom. The number of hydrogen-bond acceptors (Lipinski definition) is 3. The highest BCUT2D eigenvalue weighted by molar-refractivity contribution is 6.27. The van der Waals surface area contributed by atoms with Gasteiger partial charge in [0.05, 0.1) is 33.3 Å². The number of benzene rings is 8. The molecule has 256 valence electrons. The van der Waals surface area contributed by atoms with Gasteiger partial charge in [0.15, 0.2) is 5.82 Å². The summed E-state index contributed by atoms with van der Waals surface area (Å²) in [5, 5.41) is 8.08. The Morgan fingerprint density at radius 3 is 1.96 bits per heavy atom. The first-order chi connectivity index (χ1) is 27.3. The van der Waals surface area contributed by atoms with Crippen LogP contribution in [0.2, 0.25) is 0 Å². The van der Waals surface area contributed by atoms with Crippen LogP contribution in [-0.2, 0) is 0 Å². The number of aromatic nitrogens is 4. The van der Waals surface area contributed by atoms with Crippen LogP contribution in [0.1, 0.15) is 0 Å². The molecule has 0 saturated heterocycles. The van der Waals surface area contributed by atoms with E-state index in [9.17, 15) is 0 Å². The molecule has 0 unspecified atom stereocenters. The molecular weight excluding hydrogens is 673 g/mol. The standard InChI is InChI=1S/C50H30N4O/c1-3-14-31(15-4-1)48-37-21-7-10-23-41(37)51-50(52-48)32-16-13-19-34(28-32)53-42-24-11-8-22-38(42)47-43(53)27-26-36-39-29-40-35-20-9-12-25-45(35)55-46(40)30-44(39)54(49(36)47)33-17-5-2-6-18-33/h1-30H. The summed E-state index contributed by atoms with van der Waals surface area (Å²) in [6.45, 7) is 0. The summed E-state index contributed by atoms with van der Waals surface area (Å²) in [5.74, 6) is 0.698. The van der Waals surface area contributed by atoms with E-state index in [-0.39, 0.29) is 0 Å². The molecule has 8 aromatic carbocycles. The Labute approximate surface area is 315 Å². The highest BCUT2D eigenvalue weighted by Gasteiger charge is 2.23. The molecular formula is C50H30N4O. The number of nitrogens with zero attached hydrogens (tertiary/aromatic N) is 4. The van der Waals surface area contributed by atoms with E-state index in [1.165, 1.54) is 27.1 Å². The molecule has 12 rings (SSSR count). The third kappa shape index (κ3) is 4.41. The van der Waals surface area contributed by atoms with Crippen molar-refractivity contribution < 1.29 is 4.42 Å². The topological polar surface area (TPSA) is 48.8 Å². The minimum Gasteiger partial charge on any atom is -0.456 e. The van der Waals surface area contributed by atoms with Crippen LogP contribution in [0.4, 0.5) is 0 Å². The lowest BCUT2D eigenvalue weighted by Gasteiger charge is -2.12. The molecule has 0 fully saturated rings. The average Bonchev–Trinajstić information content (AvgIpc) is 3.90. The Balaban J connectivity index is 1.14. The number of fused-ring (bicyclic) bond motifs is 11. The molecule has 0 spiro atoms. The van der Waals surface area contributed by atoms with E-state index in [0.29, 0.717) is 5.82 Å². The summed E-state index contributed by atoms with van der Waals surface area (Å²) >= 11 is 0. The summed E-state index contributed by atoms with van der Waals surface area (Å²) in [6.07, 6.45) is 0. The molecule has 0 aliphatic rings. The van der Waals surface area contributed by atoms with E-state index in [2.05, 4.69) is 167 Å². The summed E-state index contributed by atoms with van der Waals surface area (Å²) in [5.41, 5.74) is 12.4. The maximum Gasteiger partial charge on any atom is 0.160 e. The number of furan rings is 1. The minimum absolute atomic E-state index is 0.698. The smallest absolute Gasteiger partial charge is 0.160 e. The van der Waals surface area contributed by atoms with Gasteiger partial charge in [-0.05, 0) is 54.6 Å². The van der Waals surface area contributed by atoms with Crippen molar-refractivity contribution >= 4 is 76.5 Å². The lowest BCUT2D eigenvalue weighted by atomic mass is 10.1. The van der Waals surface area contributed by atoms with Crippen molar-refractivity contribution in [2.75, 3.05) is 0 Å². The highest BCUT2D eigenvalue weighted by Crippen LogP contribution is 2.44. The maximum absolute atomic E-state index is 6.44. The molecule has 4 heterocycles. The molecule has 0 saturated carbocycles. The summed E-state index contributed by atoms with van der Waals surface area (Å²) in [7, 11) is 0. The molecule has 12 aromatic rings. The molecule has 5 nitrogen and oxygen atoms in total. The molecule has 0 N–H and O–H groups in total. The average molecular weight is 703 g/mol. The lowest BCUT2D eigenvalue weighted by molar-refractivity contribution is 0.669. The largest absolute Gasteiger partial charge is 0.456 e. The van der Waals surface area contributed by atoms with E-state index in [1.54, 1.807) is 0 Å². The predicted molar refractivity (Wildman–Crippen MR) is 226 cm³/mol. The molecule has 55 heavy (non-hydrogen) atoms. The van der Waals surface area contributed by atoms with Crippen molar-refractivity contribution in [3.63, 3.8) is 0 Å². The van der Waals surface area contributed by atoms with Crippen LogP contribution in [0, 0.1) is 0 Å². The SMILES string of the molecule is c1ccc(-c2nc(-c3cccc(-n4c5ccccc5c5c4ccc4c6cc7c(cc6n(-c6ccccc6)c45)oc4ccccc47)c3)nc3ccccc23)cc1. The number of rotatable bonds is 4. The molecule has 0 bridgehead atoms. The zero-order valence-electron chi connectivity index (χ0n) is 29.5. The van der Waals surface area contributed by atoms with Crippen molar-refractivity contribution in [2.24, 2.45) is 0 Å². The van der Waals surface area contributed by atoms with Gasteiger partial charge in [-0.15, -0.1) is 0 Å². The van der Waals surface area contributed by atoms with Gasteiger partial charge in [-0.3, -0.25) is 0 Å². The van der Waals surface area contributed by atoms with Crippen molar-refractivity contribution in [2.45, 2.75) is 0 Å². The van der Waals surface area contributed by atoms with E-state index < -0.39 is 0 Å². The van der Waals surface area contributed by atoms with Gasteiger partial charge in [-0.2, -0.15) is 0 Å². The quantitative estimate of drug-likeness (QED) is 0.183. The van der Waals surface area contributed by atoms with Gasteiger partial charge in [0.25, 0.3) is 0 Å². The minimum atomic E-state index is 0.698. The molecule has 0 aliphatic carbocycles. The molecule has 0 amide bonds. The van der Waals surface area contributed by atoms with Gasteiger partial charge in [0, 0.05) is 66.3 Å². The van der Waals surface area contributed by atoms with Crippen LogP contribution < -0.4 is 0 Å². The zero-order chi connectivity index (χ0) is 36.0. The summed E-state index contributed by atoms with van der Waals surface area (Å²) in [4.78, 5) is 10.3. The van der Waals surface area contributed by atoms with E-state index >= 15 is 0 Å². The molecule has 4 aromatic heterocycles. The van der Waals surface area contributed by atoms with Gasteiger partial charge in [-0.25, -0.2) is 9.97 Å². The fourth-order valence-corrected chi connectivity index (χ4v) is 8.70. The van der Waals surface area contributed by atoms with Crippen LogP contribution in [-0.4, -0.2) is 19.1 Å². The number of hydrogen-bond donors (Lipinski definition) is 0. The third-order valence-corrected chi connectivity index (χ3v) is 11.1. The molecule has 5 heteroatoms. The van der Waals surface area contributed by atoms with Gasteiger partial charge < -0.3 is 13.6 Å². The molecule has 0 aliphatic heterocycles. The van der Waals surface area contributed by atoms with Gasteiger partial charge in [0.2, 0.25) is 0 Å². The second-order valence-corrected chi connectivity index (χ2v) is 14.2. The van der Waals surface area contributed by atoms with Crippen LogP contribution in [0.3, 0.4) is 0 Å². The first kappa shape index (κ1) is 30.0. The second kappa shape index (κ2) is 11.5. The fraction of sp³-hybridized carbons (Fsp3) is 0. The lowest BCUT2D eigenvalue weighted by Crippen LogP contribution is -1.98. The third-order valence-electron chi connectivity index (χ3n) is 11.1. The first-order valence-corrected chi connectivity index (χ1v) is 18.6. The highest BCUT2D eigenvalue weighted by atomic mass is 16.3. The summed E-state index contributed by atoms with van der Waals surface area (Å²) < 4.78 is 11.2. The van der Waals surface area contributed by atoms with Gasteiger partial charge in [0.1, 0.15) is 11.2 Å². The summed E-state index contributed by atoms with van der Waals surface area (Å²) in [6, 6.07) is 64.1. The fourth-order valence-electron chi connectivity index (χ4n) is 8.70. The Bertz CT molecular complexity index is 3480. The van der Waals surface area contributed by atoms with Gasteiger partial charge in [-0.1, -0.05) is 121 Å². The van der Waals surface area contributed by atoms with Crippen LogP contribution in [0.25, 0.3) is 110 Å². The first-order valence-electron chi connectivity index (χ1n) is 18.6. The van der Waals surface area contributed by atoms with E-state index in [4.69, 9.17) is 14.4 Å². The van der Waals surface area contributed by atoms with Crippen molar-refractivity contribution in [1.82, 2.24) is 19.1 Å². The van der Waals surface area contributed by atoms with Gasteiger partial charge >= 0.3 is 0 Å². The van der Waals surface area contributed by atoms with Crippen LogP contribution >= 0.6 is 0 Å². The molecule has 0 atom stereocenters. The van der Waals surface area contributed by atoms with E-state index in [1.807, 2.05) is 24.3 Å². The monoisotopic (exact) mass is 702 g/mol. The zero-order valence-corrected chi connectivity index (χ0v) is 29.5. The van der Waals surface area contributed by atoms with Crippen molar-refractivity contribution in [3.8, 4) is 34.0 Å². The maximum atomic E-state index is 6.44. The number of para-hydroxylation sites is 4. The predicted octanol–water partition coefficient (Wildman–Crippen LogP) is 13.1. The van der Waals surface area contributed by atoms with E-state index in [0.717, 1.165) is 77.6 Å². The van der Waals surface area contributed by atoms with Crippen LogP contribution in [0.15, 0.2) is 186 Å². The second-order valence-electron chi connectivity index (χ2n) is 14.2.